The standard InChI is InChI=1S/C18H14ClNO3S/c19-15-5-1-13(2-6-15)9-23-18(21)14-3-7-17(8-4-14)22-10-16-11-24-12-20-16/h1-8,11-12H,9-10H2. The minimum absolute atomic E-state index is 0.206. The molecule has 1 heterocycles. The summed E-state index contributed by atoms with van der Waals surface area (Å²) in [5.74, 6) is 0.299. The van der Waals surface area contributed by atoms with Crippen molar-refractivity contribution >= 4 is 28.9 Å². The van der Waals surface area contributed by atoms with Crippen molar-refractivity contribution in [2.75, 3.05) is 0 Å². The fraction of sp³-hybridized carbons (Fsp3) is 0.111. The zero-order chi connectivity index (χ0) is 16.8. The van der Waals surface area contributed by atoms with Gasteiger partial charge in [-0.15, -0.1) is 11.3 Å². The number of hydrogen-bond donors (Lipinski definition) is 0. The molecule has 0 amide bonds. The lowest BCUT2D eigenvalue weighted by Crippen LogP contribution is -2.05. The largest absolute Gasteiger partial charge is 0.487 e. The van der Waals surface area contributed by atoms with Crippen LogP contribution in [-0.4, -0.2) is 11.0 Å². The molecule has 0 saturated carbocycles. The quantitative estimate of drug-likeness (QED) is 0.597. The third-order valence-corrected chi connectivity index (χ3v) is 4.13. The van der Waals surface area contributed by atoms with E-state index in [0.29, 0.717) is 22.9 Å². The van der Waals surface area contributed by atoms with Crippen molar-refractivity contribution in [1.29, 1.82) is 0 Å². The van der Waals surface area contributed by atoms with E-state index < -0.39 is 0 Å². The molecule has 122 valence electrons. The van der Waals surface area contributed by atoms with E-state index in [1.165, 1.54) is 11.3 Å². The van der Waals surface area contributed by atoms with Crippen LogP contribution in [0.3, 0.4) is 0 Å². The molecule has 0 aliphatic heterocycles. The Kier molecular flexibility index (Phi) is 5.46. The van der Waals surface area contributed by atoms with Gasteiger partial charge < -0.3 is 9.47 Å². The number of ether oxygens (including phenoxy) is 2. The number of carbonyl (C=O) groups is 1. The van der Waals surface area contributed by atoms with Crippen molar-refractivity contribution in [2.45, 2.75) is 13.2 Å². The number of halogens is 1. The maximum absolute atomic E-state index is 12.0. The molecule has 2 aromatic carbocycles. The van der Waals surface area contributed by atoms with Crippen LogP contribution < -0.4 is 4.74 Å². The molecule has 0 N–H and O–H groups in total. The SMILES string of the molecule is O=C(OCc1ccc(Cl)cc1)c1ccc(OCc2cscn2)cc1. The zero-order valence-electron chi connectivity index (χ0n) is 12.6. The van der Waals surface area contributed by atoms with Gasteiger partial charge in [0.1, 0.15) is 19.0 Å². The normalized spacial score (nSPS) is 10.4. The summed E-state index contributed by atoms with van der Waals surface area (Å²) in [6.07, 6.45) is 0. The fourth-order valence-electron chi connectivity index (χ4n) is 1.97. The van der Waals surface area contributed by atoms with Gasteiger partial charge in [-0.25, -0.2) is 9.78 Å². The highest BCUT2D eigenvalue weighted by atomic mass is 35.5. The molecule has 0 radical (unpaired) electrons. The van der Waals surface area contributed by atoms with Crippen molar-refractivity contribution in [1.82, 2.24) is 4.98 Å². The first-order valence-corrected chi connectivity index (χ1v) is 8.54. The van der Waals surface area contributed by atoms with Gasteiger partial charge in [0, 0.05) is 10.4 Å². The van der Waals surface area contributed by atoms with Crippen LogP contribution in [0.4, 0.5) is 0 Å². The predicted octanol–water partition coefficient (Wildman–Crippen LogP) is 4.73. The third kappa shape index (κ3) is 4.57. The molecule has 0 aliphatic rings. The molecule has 0 fully saturated rings. The molecule has 1 aromatic heterocycles. The Morgan fingerprint density at radius 1 is 1.04 bits per heavy atom. The predicted molar refractivity (Wildman–Crippen MR) is 93.5 cm³/mol. The smallest absolute Gasteiger partial charge is 0.338 e. The van der Waals surface area contributed by atoms with E-state index in [2.05, 4.69) is 4.98 Å². The summed E-state index contributed by atoms with van der Waals surface area (Å²) in [6.45, 7) is 0.613. The van der Waals surface area contributed by atoms with Crippen molar-refractivity contribution in [3.05, 3.63) is 81.3 Å². The molecule has 4 nitrogen and oxygen atoms in total. The number of thiazole rings is 1. The second-order valence-corrected chi connectivity index (χ2v) is 6.15. The maximum Gasteiger partial charge on any atom is 0.338 e. The van der Waals surface area contributed by atoms with Gasteiger partial charge in [0.2, 0.25) is 0 Å². The van der Waals surface area contributed by atoms with Crippen LogP contribution in [0.2, 0.25) is 5.02 Å². The fourth-order valence-corrected chi connectivity index (χ4v) is 2.64. The third-order valence-electron chi connectivity index (χ3n) is 3.24. The van der Waals surface area contributed by atoms with E-state index in [0.717, 1.165) is 11.3 Å². The average Bonchev–Trinajstić information content (AvgIpc) is 3.13. The van der Waals surface area contributed by atoms with E-state index in [1.807, 2.05) is 17.5 Å². The summed E-state index contributed by atoms with van der Waals surface area (Å²) in [4.78, 5) is 16.2. The molecule has 3 rings (SSSR count). The van der Waals surface area contributed by atoms with Crippen LogP contribution >= 0.6 is 22.9 Å². The highest BCUT2D eigenvalue weighted by Gasteiger charge is 2.08. The molecule has 0 unspecified atom stereocenters. The van der Waals surface area contributed by atoms with E-state index in [-0.39, 0.29) is 12.6 Å². The van der Waals surface area contributed by atoms with Crippen LogP contribution in [0.15, 0.2) is 59.4 Å². The van der Waals surface area contributed by atoms with E-state index >= 15 is 0 Å². The minimum atomic E-state index is -0.379. The monoisotopic (exact) mass is 359 g/mol. The second kappa shape index (κ2) is 7.95. The van der Waals surface area contributed by atoms with Crippen LogP contribution in [0.5, 0.6) is 5.75 Å². The first kappa shape index (κ1) is 16.5. The summed E-state index contributed by atoms with van der Waals surface area (Å²) >= 11 is 7.35. The van der Waals surface area contributed by atoms with Gasteiger partial charge in [0.25, 0.3) is 0 Å². The topological polar surface area (TPSA) is 48.4 Å². The van der Waals surface area contributed by atoms with Crippen molar-refractivity contribution in [2.24, 2.45) is 0 Å². The van der Waals surface area contributed by atoms with Crippen molar-refractivity contribution in [3.63, 3.8) is 0 Å². The Balaban J connectivity index is 1.52. The Labute approximate surface area is 148 Å². The number of hydrogen-bond acceptors (Lipinski definition) is 5. The summed E-state index contributed by atoms with van der Waals surface area (Å²) < 4.78 is 10.9. The Bertz CT molecular complexity index is 786. The second-order valence-electron chi connectivity index (χ2n) is 5.00. The highest BCUT2D eigenvalue weighted by molar-refractivity contribution is 7.07. The number of aromatic nitrogens is 1. The summed E-state index contributed by atoms with van der Waals surface area (Å²) in [5.41, 5.74) is 4.01. The van der Waals surface area contributed by atoms with E-state index in [4.69, 9.17) is 21.1 Å². The lowest BCUT2D eigenvalue weighted by atomic mass is 10.2. The van der Waals surface area contributed by atoms with Gasteiger partial charge in [-0.1, -0.05) is 23.7 Å². The Morgan fingerprint density at radius 2 is 1.79 bits per heavy atom. The Hall–Kier alpha value is -2.37. The van der Waals surface area contributed by atoms with Gasteiger partial charge in [0.15, 0.2) is 0 Å². The number of esters is 1. The van der Waals surface area contributed by atoms with Crippen molar-refractivity contribution in [3.8, 4) is 5.75 Å². The van der Waals surface area contributed by atoms with E-state index in [9.17, 15) is 4.79 Å². The lowest BCUT2D eigenvalue weighted by molar-refractivity contribution is 0.0472. The van der Waals surface area contributed by atoms with Gasteiger partial charge in [0.05, 0.1) is 16.8 Å². The number of nitrogens with zero attached hydrogens (tertiary/aromatic N) is 1. The summed E-state index contributed by atoms with van der Waals surface area (Å²) in [6, 6.07) is 14.0. The molecule has 6 heteroatoms. The van der Waals surface area contributed by atoms with Crippen LogP contribution in [0.1, 0.15) is 21.6 Å². The molecule has 24 heavy (non-hydrogen) atoms. The van der Waals surface area contributed by atoms with E-state index in [1.54, 1.807) is 41.9 Å². The van der Waals surface area contributed by atoms with Crippen LogP contribution in [0.25, 0.3) is 0 Å². The average molecular weight is 360 g/mol. The van der Waals surface area contributed by atoms with Crippen molar-refractivity contribution < 1.29 is 14.3 Å². The van der Waals surface area contributed by atoms with Crippen LogP contribution in [0, 0.1) is 0 Å². The highest BCUT2D eigenvalue weighted by Crippen LogP contribution is 2.16. The number of benzene rings is 2. The summed E-state index contributed by atoms with van der Waals surface area (Å²) in [5, 5.41) is 2.58. The van der Waals surface area contributed by atoms with Gasteiger partial charge >= 0.3 is 5.97 Å². The molecule has 3 aromatic rings. The zero-order valence-corrected chi connectivity index (χ0v) is 14.2. The first-order valence-electron chi connectivity index (χ1n) is 7.22. The molecule has 0 atom stereocenters. The molecule has 0 spiro atoms. The maximum atomic E-state index is 12.0. The molecular formula is C18H14ClNO3S. The van der Waals surface area contributed by atoms with Gasteiger partial charge in [-0.2, -0.15) is 0 Å². The minimum Gasteiger partial charge on any atom is -0.487 e. The Morgan fingerprint density at radius 3 is 2.46 bits per heavy atom. The first-order chi connectivity index (χ1) is 11.7. The molecule has 0 bridgehead atoms. The molecular weight excluding hydrogens is 346 g/mol. The molecule has 0 aliphatic carbocycles. The number of rotatable bonds is 6. The van der Waals surface area contributed by atoms with Crippen LogP contribution in [-0.2, 0) is 18.0 Å². The summed E-state index contributed by atoms with van der Waals surface area (Å²) in [7, 11) is 0. The lowest BCUT2D eigenvalue weighted by Gasteiger charge is -2.07. The molecule has 0 saturated heterocycles. The van der Waals surface area contributed by atoms with Gasteiger partial charge in [-0.05, 0) is 42.0 Å². The van der Waals surface area contributed by atoms with Gasteiger partial charge in [-0.3, -0.25) is 0 Å². The number of carbonyl (C=O) groups excluding carboxylic acids is 1.